The number of hydrogen-bond donors (Lipinski definition) is 0. The second-order valence-corrected chi connectivity index (χ2v) is 7.15. The monoisotopic (exact) mass is 454 g/mol. The summed E-state index contributed by atoms with van der Waals surface area (Å²) in [7, 11) is 4.11. The Kier molecular flexibility index (Phi) is 15.2. The minimum atomic E-state index is -0.394. The van der Waals surface area contributed by atoms with Crippen LogP contribution in [0.25, 0.3) is 0 Å². The van der Waals surface area contributed by atoms with Crippen LogP contribution < -0.4 is 0 Å². The number of esters is 3. The van der Waals surface area contributed by atoms with Gasteiger partial charge < -0.3 is 14.2 Å². The van der Waals surface area contributed by atoms with Gasteiger partial charge in [-0.1, -0.05) is 49.4 Å². The minimum Gasteiger partial charge on any atom is -0.469 e. The van der Waals surface area contributed by atoms with Gasteiger partial charge in [-0.15, -0.1) is 5.92 Å². The summed E-state index contributed by atoms with van der Waals surface area (Å²) in [5, 5.41) is 0. The van der Waals surface area contributed by atoms with E-state index in [1.165, 1.54) is 27.8 Å². The van der Waals surface area contributed by atoms with Crippen LogP contribution in [-0.2, 0) is 28.6 Å². The van der Waals surface area contributed by atoms with Crippen LogP contribution in [0.3, 0.4) is 0 Å². The van der Waals surface area contributed by atoms with Gasteiger partial charge in [-0.05, 0) is 50.7 Å². The molecule has 6 nitrogen and oxygen atoms in total. The molecule has 1 saturated carbocycles. The van der Waals surface area contributed by atoms with Crippen molar-refractivity contribution in [2.45, 2.75) is 26.7 Å². The Labute approximate surface area is 197 Å². The van der Waals surface area contributed by atoms with Crippen LogP contribution in [0.5, 0.6) is 0 Å². The van der Waals surface area contributed by atoms with E-state index in [0.29, 0.717) is 17.4 Å². The molecular formula is C27H34O6. The smallest absolute Gasteiger partial charge is 0.332 e. The van der Waals surface area contributed by atoms with E-state index in [0.717, 1.165) is 18.1 Å². The molecular weight excluding hydrogens is 420 g/mol. The van der Waals surface area contributed by atoms with Crippen molar-refractivity contribution in [2.24, 2.45) is 17.8 Å². The van der Waals surface area contributed by atoms with Crippen molar-refractivity contribution in [3.05, 3.63) is 72.9 Å². The van der Waals surface area contributed by atoms with E-state index in [4.69, 9.17) is 4.74 Å². The molecule has 178 valence electrons. The molecule has 0 aromatic heterocycles. The first-order chi connectivity index (χ1) is 15.7. The highest BCUT2D eigenvalue weighted by Crippen LogP contribution is 2.43. The third-order valence-corrected chi connectivity index (χ3v) is 4.73. The summed E-state index contributed by atoms with van der Waals surface area (Å²) in [6.07, 6.45) is 7.67. The van der Waals surface area contributed by atoms with Crippen LogP contribution in [-0.4, -0.2) is 39.2 Å². The molecule has 0 radical (unpaired) electrons. The minimum absolute atomic E-state index is 0.0261. The topological polar surface area (TPSA) is 78.9 Å². The van der Waals surface area contributed by atoms with Crippen LogP contribution in [0.2, 0.25) is 0 Å². The summed E-state index contributed by atoms with van der Waals surface area (Å²) in [5.74, 6) is 6.32. The first-order valence-electron chi connectivity index (χ1n) is 10.4. The van der Waals surface area contributed by atoms with Crippen molar-refractivity contribution in [3.63, 3.8) is 0 Å². The molecule has 2 bridgehead atoms. The summed E-state index contributed by atoms with van der Waals surface area (Å²) in [6.45, 7) is 9.95. The van der Waals surface area contributed by atoms with Crippen LogP contribution >= 0.6 is 0 Å². The summed E-state index contributed by atoms with van der Waals surface area (Å²) >= 11 is 0. The molecule has 2 aliphatic rings. The van der Waals surface area contributed by atoms with Gasteiger partial charge >= 0.3 is 17.9 Å². The molecule has 3 unspecified atom stereocenters. The third kappa shape index (κ3) is 12.1. The van der Waals surface area contributed by atoms with Crippen LogP contribution in [0, 0.1) is 29.6 Å². The zero-order valence-corrected chi connectivity index (χ0v) is 20.1. The molecule has 1 aromatic rings. The second kappa shape index (κ2) is 17.0. The Morgan fingerprint density at radius 3 is 1.94 bits per heavy atom. The van der Waals surface area contributed by atoms with E-state index in [1.54, 1.807) is 6.92 Å². The fourth-order valence-electron chi connectivity index (χ4n) is 3.13. The number of carbonyl (C=O) groups is 3. The maximum Gasteiger partial charge on any atom is 0.332 e. The Morgan fingerprint density at radius 1 is 1.00 bits per heavy atom. The number of rotatable bonds is 3. The number of hydrogen-bond acceptors (Lipinski definition) is 6. The lowest BCUT2D eigenvalue weighted by molar-refractivity contribution is -0.146. The zero-order chi connectivity index (χ0) is 25.2. The number of ether oxygens (including phenoxy) is 3. The maximum absolute atomic E-state index is 11.1. The van der Waals surface area contributed by atoms with Crippen LogP contribution in [0.1, 0.15) is 32.3 Å². The lowest BCUT2D eigenvalue weighted by Gasteiger charge is -2.14. The van der Waals surface area contributed by atoms with E-state index in [9.17, 15) is 14.4 Å². The van der Waals surface area contributed by atoms with E-state index < -0.39 is 5.97 Å². The highest BCUT2D eigenvalue weighted by molar-refractivity contribution is 5.86. The molecule has 0 aliphatic heterocycles. The Balaban J connectivity index is 0.000000428. The predicted molar refractivity (Wildman–Crippen MR) is 129 cm³/mol. The molecule has 0 N–H and O–H groups in total. The Bertz CT molecular complexity index is 873. The van der Waals surface area contributed by atoms with E-state index in [2.05, 4.69) is 46.6 Å². The Hall–Kier alpha value is -3.59. The second-order valence-electron chi connectivity index (χ2n) is 7.15. The Morgan fingerprint density at radius 2 is 1.64 bits per heavy atom. The molecule has 6 heteroatoms. The summed E-state index contributed by atoms with van der Waals surface area (Å²) < 4.78 is 13.1. The van der Waals surface area contributed by atoms with Crippen LogP contribution in [0.4, 0.5) is 0 Å². The fraction of sp³-hybridized carbons (Fsp3) is 0.370. The molecule has 1 aromatic carbocycles. The first kappa shape index (κ1) is 29.4. The van der Waals surface area contributed by atoms with Gasteiger partial charge in [0.25, 0.3) is 0 Å². The lowest BCUT2D eigenvalue weighted by Crippen LogP contribution is -2.19. The molecule has 33 heavy (non-hydrogen) atoms. The number of methoxy groups -OCH3 is 3. The van der Waals surface area contributed by atoms with Gasteiger partial charge in [0.1, 0.15) is 0 Å². The van der Waals surface area contributed by atoms with Gasteiger partial charge in [-0.25, -0.2) is 9.59 Å². The number of benzene rings is 1. The van der Waals surface area contributed by atoms with Gasteiger partial charge in [0.05, 0.1) is 27.2 Å². The van der Waals surface area contributed by atoms with Gasteiger partial charge in [-0.3, -0.25) is 4.79 Å². The maximum atomic E-state index is 11.1. The van der Waals surface area contributed by atoms with Crippen molar-refractivity contribution in [2.75, 3.05) is 21.3 Å². The third-order valence-electron chi connectivity index (χ3n) is 4.73. The van der Waals surface area contributed by atoms with Crippen molar-refractivity contribution < 1.29 is 28.6 Å². The largest absolute Gasteiger partial charge is 0.469 e. The average Bonchev–Trinajstić information content (AvgIpc) is 3.48. The van der Waals surface area contributed by atoms with Gasteiger partial charge in [0.2, 0.25) is 0 Å². The van der Waals surface area contributed by atoms with E-state index in [-0.39, 0.29) is 17.9 Å². The molecule has 2 aliphatic carbocycles. The lowest BCUT2D eigenvalue weighted by atomic mass is 9.94. The van der Waals surface area contributed by atoms with E-state index >= 15 is 0 Å². The summed E-state index contributed by atoms with van der Waals surface area (Å²) in [6, 6.07) is 9.95. The molecule has 0 spiro atoms. The normalized spacial score (nSPS) is 18.2. The molecule has 3 atom stereocenters. The molecule has 0 amide bonds. The molecule has 3 rings (SSSR count). The molecule has 0 saturated heterocycles. The summed E-state index contributed by atoms with van der Waals surface area (Å²) in [4.78, 5) is 31.2. The molecule has 1 fully saturated rings. The van der Waals surface area contributed by atoms with E-state index in [1.807, 2.05) is 37.3 Å². The zero-order valence-electron chi connectivity index (χ0n) is 20.1. The SMILES string of the molecule is C=C(C)C(=O)OC.C=CC(=O)OC.CC#Cc1ccccc1.COC(=O)C1CC2C=CC1C2. The number of carbonyl (C=O) groups excluding carboxylic acids is 3. The fourth-order valence-corrected chi connectivity index (χ4v) is 3.13. The van der Waals surface area contributed by atoms with Crippen molar-refractivity contribution in [3.8, 4) is 11.8 Å². The summed E-state index contributed by atoms with van der Waals surface area (Å²) in [5.41, 5.74) is 1.52. The van der Waals surface area contributed by atoms with Crippen molar-refractivity contribution >= 4 is 17.9 Å². The van der Waals surface area contributed by atoms with Crippen molar-refractivity contribution in [1.82, 2.24) is 0 Å². The predicted octanol–water partition coefficient (Wildman–Crippen LogP) is 4.51. The van der Waals surface area contributed by atoms with Gasteiger partial charge in [-0.2, -0.15) is 0 Å². The standard InChI is InChI=1S/C9H12O2.C9H8.C5H8O2.C4H6O2/c1-11-9(10)8-5-6-2-3-7(8)4-6;1-2-6-9-7-4-3-5-8-9;1-4(2)5(6)7-3;1-3-4(5)6-2/h2-3,6-8H,4-5H2,1H3;3-5,7-8H,1H3;1H2,2-3H3;3H,1H2,2H3. The van der Waals surface area contributed by atoms with Crippen LogP contribution in [0.15, 0.2) is 67.3 Å². The average molecular weight is 455 g/mol. The highest BCUT2D eigenvalue weighted by Gasteiger charge is 2.40. The number of fused-ring (bicyclic) bond motifs is 2. The highest BCUT2D eigenvalue weighted by atomic mass is 16.5. The van der Waals surface area contributed by atoms with Crippen molar-refractivity contribution in [1.29, 1.82) is 0 Å². The first-order valence-corrected chi connectivity index (χ1v) is 10.4. The van der Waals surface area contributed by atoms with Gasteiger partial charge in [0, 0.05) is 17.2 Å². The quantitative estimate of drug-likeness (QED) is 0.220. The van der Waals surface area contributed by atoms with Gasteiger partial charge in [0.15, 0.2) is 0 Å². The molecule has 0 heterocycles. The number of allylic oxidation sites excluding steroid dienone is 2.